The Morgan fingerprint density at radius 2 is 0.971 bits per heavy atom. The van der Waals surface area contributed by atoms with Crippen molar-refractivity contribution in [3.63, 3.8) is 0 Å². The predicted molar refractivity (Wildman–Crippen MR) is 144 cm³/mol. The van der Waals surface area contributed by atoms with Crippen LogP contribution in [0.2, 0.25) is 0 Å². The van der Waals surface area contributed by atoms with Crippen LogP contribution in [0.1, 0.15) is 72.2 Å². The number of nitrogens with zero attached hydrogens (tertiary/aromatic N) is 2. The number of hydrogen-bond acceptors (Lipinski definition) is 0. The SMILES string of the molecule is Br.Cc1cc[n+](CCCCCc2ccccc2CCCCC[n+]2ccc(C)cc2C)c(C)c1.[Br-]. The topological polar surface area (TPSA) is 7.76 Å². The minimum absolute atomic E-state index is 0. The van der Waals surface area contributed by atoms with E-state index >= 15 is 0 Å². The van der Waals surface area contributed by atoms with Crippen molar-refractivity contribution in [1.29, 1.82) is 0 Å². The largest absolute Gasteiger partial charge is 1.00 e. The lowest BCUT2D eigenvalue weighted by molar-refractivity contribution is -0.703. The molecule has 0 amide bonds. The minimum atomic E-state index is 0. The van der Waals surface area contributed by atoms with Crippen molar-refractivity contribution in [3.05, 3.63) is 94.6 Å². The van der Waals surface area contributed by atoms with Crippen LogP contribution in [-0.4, -0.2) is 0 Å². The lowest BCUT2D eigenvalue weighted by atomic mass is 9.97. The normalized spacial score (nSPS) is 10.5. The van der Waals surface area contributed by atoms with Crippen LogP contribution in [0.15, 0.2) is 60.9 Å². The van der Waals surface area contributed by atoms with E-state index in [1.165, 1.54) is 73.9 Å². The number of aryl methyl sites for hydroxylation is 8. The maximum Gasteiger partial charge on any atom is 0.178 e. The molecule has 3 rings (SSSR count). The number of benzene rings is 1. The smallest absolute Gasteiger partial charge is 0.178 e. The highest BCUT2D eigenvalue weighted by Crippen LogP contribution is 2.16. The molecule has 2 nitrogen and oxygen atoms in total. The molecule has 0 saturated heterocycles. The first-order valence-corrected chi connectivity index (χ1v) is 12.5. The van der Waals surface area contributed by atoms with Gasteiger partial charge in [0.2, 0.25) is 0 Å². The molecule has 3 aromatic rings. The van der Waals surface area contributed by atoms with Crippen LogP contribution in [0.25, 0.3) is 0 Å². The zero-order valence-electron chi connectivity index (χ0n) is 21.5. The molecule has 186 valence electrons. The third-order valence-electron chi connectivity index (χ3n) is 6.62. The lowest BCUT2D eigenvalue weighted by Crippen LogP contribution is -3.00. The van der Waals surface area contributed by atoms with Crippen molar-refractivity contribution < 1.29 is 26.1 Å². The fraction of sp³-hybridized carbons (Fsp3) is 0.467. The van der Waals surface area contributed by atoms with Gasteiger partial charge in [0.05, 0.1) is 0 Å². The highest BCUT2D eigenvalue weighted by Gasteiger charge is 2.08. The van der Waals surface area contributed by atoms with Crippen molar-refractivity contribution in [3.8, 4) is 0 Å². The Balaban J connectivity index is 0.00000289. The monoisotopic (exact) mass is 589 g/mol. The average molecular weight is 591 g/mol. The first kappa shape index (κ1) is 30.5. The molecule has 2 heterocycles. The van der Waals surface area contributed by atoms with Gasteiger partial charge in [-0.2, -0.15) is 0 Å². The van der Waals surface area contributed by atoms with Gasteiger partial charge in [0.25, 0.3) is 0 Å². The molecular weight excluding hydrogens is 548 g/mol. The van der Waals surface area contributed by atoms with Gasteiger partial charge in [-0.05, 0) is 74.6 Å². The average Bonchev–Trinajstić information content (AvgIpc) is 2.77. The molecule has 1 aromatic carbocycles. The summed E-state index contributed by atoms with van der Waals surface area (Å²) in [7, 11) is 0. The molecule has 0 unspecified atom stereocenters. The number of aromatic nitrogens is 2. The molecule has 0 spiro atoms. The molecule has 0 saturated carbocycles. The second-order valence-electron chi connectivity index (χ2n) is 9.47. The summed E-state index contributed by atoms with van der Waals surface area (Å²) in [5.74, 6) is 0. The maximum atomic E-state index is 2.39. The standard InChI is InChI=1S/C30H42N2.2BrH/c1-25-17-21-31(27(3)23-25)19-11-5-7-13-29-15-9-10-16-30(29)14-8-6-12-20-32-22-18-26(2)24-28(32)4;;/h9-10,15-18,21-24H,5-8,11-14,19-20H2,1-4H3;2*1H/q+2;;/p-1. The second kappa shape index (κ2) is 16.2. The molecular formula is C30H43Br2N2+. The van der Waals surface area contributed by atoms with Crippen LogP contribution in [0.5, 0.6) is 0 Å². The number of pyridine rings is 2. The summed E-state index contributed by atoms with van der Waals surface area (Å²) >= 11 is 0. The molecule has 0 aliphatic rings. The van der Waals surface area contributed by atoms with E-state index in [9.17, 15) is 0 Å². The quantitative estimate of drug-likeness (QED) is 0.223. The molecule has 0 aliphatic carbocycles. The summed E-state index contributed by atoms with van der Waals surface area (Å²) in [6.07, 6.45) is 14.6. The van der Waals surface area contributed by atoms with Crippen molar-refractivity contribution >= 4 is 17.0 Å². The summed E-state index contributed by atoms with van der Waals surface area (Å²) in [4.78, 5) is 0. The van der Waals surface area contributed by atoms with E-state index in [-0.39, 0.29) is 34.0 Å². The Morgan fingerprint density at radius 3 is 1.35 bits per heavy atom. The third-order valence-corrected chi connectivity index (χ3v) is 6.62. The third kappa shape index (κ3) is 10.00. The van der Waals surface area contributed by atoms with Crippen LogP contribution in [0, 0.1) is 27.7 Å². The molecule has 0 bridgehead atoms. The Hall–Kier alpha value is -1.52. The van der Waals surface area contributed by atoms with Crippen molar-refractivity contribution in [2.75, 3.05) is 0 Å². The van der Waals surface area contributed by atoms with Crippen LogP contribution < -0.4 is 26.1 Å². The fourth-order valence-electron chi connectivity index (χ4n) is 4.67. The Morgan fingerprint density at radius 1 is 0.559 bits per heavy atom. The summed E-state index contributed by atoms with van der Waals surface area (Å²) in [5, 5.41) is 0. The number of hydrogen-bond donors (Lipinski definition) is 0. The van der Waals surface area contributed by atoms with Gasteiger partial charge in [0, 0.05) is 51.0 Å². The van der Waals surface area contributed by atoms with Gasteiger partial charge in [-0.25, -0.2) is 9.13 Å². The summed E-state index contributed by atoms with van der Waals surface area (Å²) in [6.45, 7) is 11.0. The maximum absolute atomic E-state index is 2.39. The first-order chi connectivity index (χ1) is 15.5. The molecule has 0 atom stereocenters. The minimum Gasteiger partial charge on any atom is -1.00 e. The predicted octanol–water partition coefficient (Wildman–Crippen LogP) is 3.90. The van der Waals surface area contributed by atoms with Crippen LogP contribution in [0.3, 0.4) is 0 Å². The number of unbranched alkanes of at least 4 members (excludes halogenated alkanes) is 4. The molecule has 0 N–H and O–H groups in total. The van der Waals surface area contributed by atoms with Crippen molar-refractivity contribution in [2.24, 2.45) is 0 Å². The van der Waals surface area contributed by atoms with Gasteiger partial charge in [-0.1, -0.05) is 24.3 Å². The highest BCUT2D eigenvalue weighted by molar-refractivity contribution is 8.93. The van der Waals surface area contributed by atoms with Gasteiger partial charge in [0.15, 0.2) is 23.8 Å². The van der Waals surface area contributed by atoms with Crippen LogP contribution >= 0.6 is 17.0 Å². The van der Waals surface area contributed by atoms with E-state index in [2.05, 4.69) is 97.8 Å². The van der Waals surface area contributed by atoms with Crippen LogP contribution in [0.4, 0.5) is 0 Å². The molecule has 34 heavy (non-hydrogen) atoms. The molecule has 0 radical (unpaired) electrons. The van der Waals surface area contributed by atoms with E-state index in [0.29, 0.717) is 0 Å². The van der Waals surface area contributed by atoms with Crippen LogP contribution in [-0.2, 0) is 25.9 Å². The summed E-state index contributed by atoms with van der Waals surface area (Å²) in [5.41, 5.74) is 8.56. The van der Waals surface area contributed by atoms with Gasteiger partial charge >= 0.3 is 0 Å². The highest BCUT2D eigenvalue weighted by atomic mass is 79.9. The Labute approximate surface area is 229 Å². The Bertz CT molecular complexity index is 920. The number of halogens is 2. The van der Waals surface area contributed by atoms with Crippen molar-refractivity contribution in [1.82, 2.24) is 0 Å². The molecule has 2 aromatic heterocycles. The number of rotatable bonds is 12. The van der Waals surface area contributed by atoms with Crippen molar-refractivity contribution in [2.45, 2.75) is 92.2 Å². The van der Waals surface area contributed by atoms with E-state index in [1.807, 2.05) is 0 Å². The lowest BCUT2D eigenvalue weighted by Gasteiger charge is -2.09. The van der Waals surface area contributed by atoms with E-state index < -0.39 is 0 Å². The fourth-order valence-corrected chi connectivity index (χ4v) is 4.67. The van der Waals surface area contributed by atoms with Gasteiger partial charge < -0.3 is 17.0 Å². The summed E-state index contributed by atoms with van der Waals surface area (Å²) in [6, 6.07) is 18.1. The van der Waals surface area contributed by atoms with E-state index in [1.54, 1.807) is 11.1 Å². The molecule has 0 aliphatic heterocycles. The first-order valence-electron chi connectivity index (χ1n) is 12.5. The zero-order chi connectivity index (χ0) is 22.8. The van der Waals surface area contributed by atoms with E-state index in [0.717, 1.165) is 13.1 Å². The Kier molecular flexibility index (Phi) is 14.5. The second-order valence-corrected chi connectivity index (χ2v) is 9.47. The van der Waals surface area contributed by atoms with E-state index in [4.69, 9.17) is 0 Å². The van der Waals surface area contributed by atoms with Gasteiger partial charge in [-0.15, -0.1) is 17.0 Å². The zero-order valence-corrected chi connectivity index (χ0v) is 24.8. The molecule has 4 heteroatoms. The summed E-state index contributed by atoms with van der Waals surface area (Å²) < 4.78 is 4.77. The van der Waals surface area contributed by atoms with Gasteiger partial charge in [-0.3, -0.25) is 0 Å². The van der Waals surface area contributed by atoms with Gasteiger partial charge in [0.1, 0.15) is 13.1 Å². The molecule has 0 fully saturated rings.